The molecule has 3 aromatic carbocycles. The van der Waals surface area contributed by atoms with Crippen molar-refractivity contribution in [3.8, 4) is 11.5 Å². The Bertz CT molecular complexity index is 1180. The lowest BCUT2D eigenvalue weighted by molar-refractivity contribution is -0.151. The monoisotopic (exact) mass is 452 g/mol. The Morgan fingerprint density at radius 1 is 0.844 bits per heavy atom. The van der Waals surface area contributed by atoms with Gasteiger partial charge in [-0.2, -0.15) is 0 Å². The molecule has 0 saturated carbocycles. The van der Waals surface area contributed by atoms with Crippen molar-refractivity contribution in [3.05, 3.63) is 84.4 Å². The highest BCUT2D eigenvalue weighted by molar-refractivity contribution is 7.91. The van der Waals surface area contributed by atoms with Crippen LogP contribution in [-0.2, 0) is 29.5 Å². The molecule has 0 bridgehead atoms. The summed E-state index contributed by atoms with van der Waals surface area (Å²) in [5, 5.41) is 0. The Hall–Kier alpha value is -3.16. The van der Waals surface area contributed by atoms with E-state index in [0.29, 0.717) is 43.1 Å². The van der Waals surface area contributed by atoms with Crippen molar-refractivity contribution in [1.82, 2.24) is 0 Å². The SMILES string of the molecule is COC(=O)C1(c2ccccc2S(=O)(=O)c2ccc(Oc3ccccc3)cc2)CCOCC1. The molecular formula is C25H24O6S. The van der Waals surface area contributed by atoms with Gasteiger partial charge in [0.2, 0.25) is 9.84 Å². The summed E-state index contributed by atoms with van der Waals surface area (Å²) in [6.07, 6.45) is 0.714. The molecule has 1 saturated heterocycles. The van der Waals surface area contributed by atoms with Crippen molar-refractivity contribution in [3.63, 3.8) is 0 Å². The van der Waals surface area contributed by atoms with Crippen molar-refractivity contribution < 1.29 is 27.4 Å². The minimum absolute atomic E-state index is 0.101. The number of benzene rings is 3. The second kappa shape index (κ2) is 9.14. The Morgan fingerprint density at radius 2 is 1.44 bits per heavy atom. The van der Waals surface area contributed by atoms with Gasteiger partial charge in [0, 0.05) is 13.2 Å². The molecule has 1 aliphatic heterocycles. The Kier molecular flexibility index (Phi) is 6.30. The molecule has 3 aromatic rings. The van der Waals surface area contributed by atoms with Crippen LogP contribution >= 0.6 is 0 Å². The number of carbonyl (C=O) groups excluding carboxylic acids is 1. The molecule has 1 aliphatic rings. The van der Waals surface area contributed by atoms with Gasteiger partial charge in [-0.15, -0.1) is 0 Å². The van der Waals surface area contributed by atoms with E-state index in [1.807, 2.05) is 30.3 Å². The second-order valence-electron chi connectivity index (χ2n) is 7.57. The quantitative estimate of drug-likeness (QED) is 0.511. The van der Waals surface area contributed by atoms with Crippen LogP contribution in [0.3, 0.4) is 0 Å². The van der Waals surface area contributed by atoms with Gasteiger partial charge in [-0.3, -0.25) is 4.79 Å². The fourth-order valence-electron chi connectivity index (χ4n) is 4.03. The summed E-state index contributed by atoms with van der Waals surface area (Å²) in [7, 11) is -2.57. The zero-order valence-electron chi connectivity index (χ0n) is 17.7. The van der Waals surface area contributed by atoms with Crippen LogP contribution in [-0.4, -0.2) is 34.7 Å². The maximum absolute atomic E-state index is 13.6. The first-order valence-electron chi connectivity index (χ1n) is 10.3. The zero-order valence-corrected chi connectivity index (χ0v) is 18.5. The van der Waals surface area contributed by atoms with Gasteiger partial charge in [0.25, 0.3) is 0 Å². The van der Waals surface area contributed by atoms with Gasteiger partial charge in [0.1, 0.15) is 11.5 Å². The van der Waals surface area contributed by atoms with E-state index in [2.05, 4.69) is 0 Å². The topological polar surface area (TPSA) is 78.9 Å². The van der Waals surface area contributed by atoms with Gasteiger partial charge in [-0.1, -0.05) is 36.4 Å². The predicted octanol–water partition coefficient (Wildman–Crippen LogP) is 4.53. The van der Waals surface area contributed by atoms with Crippen LogP contribution < -0.4 is 4.74 Å². The molecule has 0 N–H and O–H groups in total. The molecular weight excluding hydrogens is 428 g/mol. The number of ether oxygens (including phenoxy) is 3. The van der Waals surface area contributed by atoms with E-state index in [4.69, 9.17) is 14.2 Å². The lowest BCUT2D eigenvalue weighted by Crippen LogP contribution is -2.43. The summed E-state index contributed by atoms with van der Waals surface area (Å²) in [5.74, 6) is 0.738. The van der Waals surface area contributed by atoms with Gasteiger partial charge in [0.15, 0.2) is 0 Å². The van der Waals surface area contributed by atoms with E-state index < -0.39 is 21.2 Å². The van der Waals surface area contributed by atoms with Crippen LogP contribution in [0.25, 0.3) is 0 Å². The number of carbonyl (C=O) groups is 1. The average molecular weight is 453 g/mol. The maximum atomic E-state index is 13.6. The van der Waals surface area contributed by atoms with Crippen molar-refractivity contribution in [2.45, 2.75) is 28.0 Å². The molecule has 0 aromatic heterocycles. The molecule has 0 radical (unpaired) electrons. The molecule has 6 nitrogen and oxygen atoms in total. The summed E-state index contributed by atoms with van der Waals surface area (Å²) in [5.41, 5.74) is -0.618. The molecule has 1 fully saturated rings. The van der Waals surface area contributed by atoms with Crippen LogP contribution in [0.1, 0.15) is 18.4 Å². The zero-order chi connectivity index (χ0) is 22.6. The molecule has 0 amide bonds. The third-order valence-electron chi connectivity index (χ3n) is 5.73. The van der Waals surface area contributed by atoms with Crippen molar-refractivity contribution in [2.24, 2.45) is 0 Å². The number of para-hydroxylation sites is 1. The molecule has 0 unspecified atom stereocenters. The fourth-order valence-corrected chi connectivity index (χ4v) is 5.59. The predicted molar refractivity (Wildman–Crippen MR) is 119 cm³/mol. The van der Waals surface area contributed by atoms with Gasteiger partial charge in [-0.05, 0) is 60.9 Å². The minimum Gasteiger partial charge on any atom is -0.468 e. The summed E-state index contributed by atoms with van der Waals surface area (Å²) >= 11 is 0. The van der Waals surface area contributed by atoms with Crippen LogP contribution in [0.2, 0.25) is 0 Å². The third-order valence-corrected chi connectivity index (χ3v) is 7.56. The smallest absolute Gasteiger partial charge is 0.316 e. The summed E-state index contributed by atoms with van der Waals surface area (Å²) in [6, 6.07) is 22.1. The van der Waals surface area contributed by atoms with Crippen molar-refractivity contribution in [1.29, 1.82) is 0 Å². The van der Waals surface area contributed by atoms with E-state index in [-0.39, 0.29) is 9.79 Å². The number of esters is 1. The Balaban J connectivity index is 1.71. The van der Waals surface area contributed by atoms with Gasteiger partial charge in [-0.25, -0.2) is 8.42 Å². The number of rotatable bonds is 6. The molecule has 32 heavy (non-hydrogen) atoms. The largest absolute Gasteiger partial charge is 0.468 e. The molecule has 0 atom stereocenters. The highest BCUT2D eigenvalue weighted by atomic mass is 32.2. The number of hydrogen-bond donors (Lipinski definition) is 0. The van der Waals surface area contributed by atoms with Gasteiger partial charge >= 0.3 is 5.97 Å². The molecule has 0 aliphatic carbocycles. The van der Waals surface area contributed by atoms with E-state index >= 15 is 0 Å². The van der Waals surface area contributed by atoms with E-state index in [1.54, 1.807) is 36.4 Å². The summed E-state index contributed by atoms with van der Waals surface area (Å²) in [6.45, 7) is 0.712. The van der Waals surface area contributed by atoms with E-state index in [9.17, 15) is 13.2 Å². The number of hydrogen-bond acceptors (Lipinski definition) is 6. The van der Waals surface area contributed by atoms with Crippen LogP contribution in [0.5, 0.6) is 11.5 Å². The molecule has 166 valence electrons. The highest BCUT2D eigenvalue weighted by Crippen LogP contribution is 2.41. The maximum Gasteiger partial charge on any atom is 0.316 e. The fraction of sp³-hybridized carbons (Fsp3) is 0.240. The number of sulfone groups is 1. The second-order valence-corrected chi connectivity index (χ2v) is 9.49. The van der Waals surface area contributed by atoms with Gasteiger partial charge < -0.3 is 14.2 Å². The Labute approximate surface area is 187 Å². The summed E-state index contributed by atoms with van der Waals surface area (Å²) < 4.78 is 43.5. The highest BCUT2D eigenvalue weighted by Gasteiger charge is 2.45. The molecule has 1 heterocycles. The molecule has 4 rings (SSSR count). The number of methoxy groups -OCH3 is 1. The van der Waals surface area contributed by atoms with Crippen molar-refractivity contribution >= 4 is 15.8 Å². The lowest BCUT2D eigenvalue weighted by atomic mass is 9.74. The van der Waals surface area contributed by atoms with E-state index in [0.717, 1.165) is 0 Å². The lowest BCUT2D eigenvalue weighted by Gasteiger charge is -2.36. The first-order valence-corrected chi connectivity index (χ1v) is 11.8. The molecule has 7 heteroatoms. The third kappa shape index (κ3) is 4.13. The van der Waals surface area contributed by atoms with Crippen LogP contribution in [0.4, 0.5) is 0 Å². The first kappa shape index (κ1) is 22.0. The molecule has 0 spiro atoms. The Morgan fingerprint density at radius 3 is 2.09 bits per heavy atom. The minimum atomic E-state index is -3.89. The van der Waals surface area contributed by atoms with Gasteiger partial charge in [0.05, 0.1) is 22.3 Å². The normalized spacial score (nSPS) is 15.7. The standard InChI is InChI=1S/C25H24O6S/c1-29-24(26)25(15-17-30-18-16-25)22-9-5-6-10-23(22)32(27,28)21-13-11-20(12-14-21)31-19-7-3-2-4-8-19/h2-14H,15-18H2,1H3. The van der Waals surface area contributed by atoms with E-state index in [1.165, 1.54) is 19.2 Å². The van der Waals surface area contributed by atoms with Crippen LogP contribution in [0, 0.1) is 0 Å². The average Bonchev–Trinajstić information content (AvgIpc) is 2.85. The van der Waals surface area contributed by atoms with Crippen LogP contribution in [0.15, 0.2) is 88.7 Å². The van der Waals surface area contributed by atoms with Crippen molar-refractivity contribution in [2.75, 3.05) is 20.3 Å². The summed E-state index contributed by atoms with van der Waals surface area (Å²) in [4.78, 5) is 13.1. The first-order chi connectivity index (χ1) is 15.5.